The zero-order chi connectivity index (χ0) is 20.7. The molecule has 0 radical (unpaired) electrons. The Kier molecular flexibility index (Phi) is 6.97. The molecule has 0 aromatic heterocycles. The average molecular weight is 388 g/mol. The van der Waals surface area contributed by atoms with Gasteiger partial charge < -0.3 is 23.7 Å². The average Bonchev–Trinajstić information content (AvgIpc) is 2.73. The standard InChI is InChI=1S/C20H20O8/c1-24-13-5-6-14-15(11-13)16(20(23)27-4)9-12(10-18(22)26-3)19(14)28-8-7-17(21)25-2/h5-9,11H,10H2,1-4H3/b8-7+. The molecule has 0 unspecified atom stereocenters. The zero-order valence-electron chi connectivity index (χ0n) is 15.9. The maximum atomic E-state index is 12.3. The summed E-state index contributed by atoms with van der Waals surface area (Å²) in [6.45, 7) is 0. The lowest BCUT2D eigenvalue weighted by atomic mass is 9.97. The highest BCUT2D eigenvalue weighted by Gasteiger charge is 2.20. The minimum absolute atomic E-state index is 0.149. The summed E-state index contributed by atoms with van der Waals surface area (Å²) in [6.07, 6.45) is 2.08. The zero-order valence-corrected chi connectivity index (χ0v) is 15.9. The summed E-state index contributed by atoms with van der Waals surface area (Å²) >= 11 is 0. The summed E-state index contributed by atoms with van der Waals surface area (Å²) in [7, 11) is 5.26. The Morgan fingerprint density at radius 2 is 1.68 bits per heavy atom. The van der Waals surface area contributed by atoms with Gasteiger partial charge in [0.15, 0.2) is 0 Å². The van der Waals surface area contributed by atoms with Gasteiger partial charge in [0.2, 0.25) is 0 Å². The van der Waals surface area contributed by atoms with E-state index in [1.54, 1.807) is 18.2 Å². The summed E-state index contributed by atoms with van der Waals surface area (Å²) in [5.74, 6) is -0.900. The lowest BCUT2D eigenvalue weighted by Gasteiger charge is -2.15. The second-order valence-electron chi connectivity index (χ2n) is 5.51. The number of benzene rings is 2. The fraction of sp³-hybridized carbons (Fsp3) is 0.250. The number of rotatable bonds is 7. The van der Waals surface area contributed by atoms with E-state index in [0.29, 0.717) is 22.1 Å². The Hall–Kier alpha value is -3.55. The first kappa shape index (κ1) is 20.8. The van der Waals surface area contributed by atoms with E-state index < -0.39 is 17.9 Å². The summed E-state index contributed by atoms with van der Waals surface area (Å²) in [5.41, 5.74) is 0.624. The van der Waals surface area contributed by atoms with Crippen molar-refractivity contribution in [2.75, 3.05) is 28.4 Å². The highest BCUT2D eigenvalue weighted by atomic mass is 16.5. The third kappa shape index (κ3) is 4.59. The van der Waals surface area contributed by atoms with Crippen molar-refractivity contribution in [1.29, 1.82) is 0 Å². The van der Waals surface area contributed by atoms with Crippen LogP contribution in [0.4, 0.5) is 0 Å². The molecule has 2 aromatic carbocycles. The van der Waals surface area contributed by atoms with Gasteiger partial charge in [-0.05, 0) is 24.3 Å². The molecule has 2 aromatic rings. The molecule has 0 aliphatic rings. The number of carbonyl (C=O) groups is 3. The predicted octanol–water partition coefficient (Wildman–Crippen LogP) is 2.42. The van der Waals surface area contributed by atoms with Crippen molar-refractivity contribution in [3.8, 4) is 11.5 Å². The van der Waals surface area contributed by atoms with Crippen molar-refractivity contribution < 1.29 is 38.1 Å². The van der Waals surface area contributed by atoms with E-state index in [2.05, 4.69) is 4.74 Å². The van der Waals surface area contributed by atoms with Gasteiger partial charge in [-0.25, -0.2) is 9.59 Å². The summed E-state index contributed by atoms with van der Waals surface area (Å²) in [5, 5.41) is 1.03. The number of methoxy groups -OCH3 is 4. The van der Waals surface area contributed by atoms with Crippen LogP contribution in [-0.2, 0) is 30.2 Å². The lowest BCUT2D eigenvalue weighted by molar-refractivity contribution is -0.140. The van der Waals surface area contributed by atoms with E-state index in [9.17, 15) is 14.4 Å². The highest BCUT2D eigenvalue weighted by molar-refractivity contribution is 6.08. The third-order valence-corrected chi connectivity index (χ3v) is 3.93. The van der Waals surface area contributed by atoms with Crippen molar-refractivity contribution in [3.05, 3.63) is 47.7 Å². The van der Waals surface area contributed by atoms with Crippen LogP contribution in [0.25, 0.3) is 10.8 Å². The van der Waals surface area contributed by atoms with Crippen molar-refractivity contribution >= 4 is 28.7 Å². The Morgan fingerprint density at radius 3 is 2.29 bits per heavy atom. The second kappa shape index (κ2) is 9.40. The Morgan fingerprint density at radius 1 is 0.929 bits per heavy atom. The molecule has 0 aliphatic carbocycles. The normalized spacial score (nSPS) is 10.6. The van der Waals surface area contributed by atoms with Crippen LogP contribution in [0.15, 0.2) is 36.6 Å². The quantitative estimate of drug-likeness (QED) is 0.309. The number of esters is 3. The molecule has 28 heavy (non-hydrogen) atoms. The number of fused-ring (bicyclic) bond motifs is 1. The predicted molar refractivity (Wildman–Crippen MR) is 99.3 cm³/mol. The molecule has 8 nitrogen and oxygen atoms in total. The molecular weight excluding hydrogens is 368 g/mol. The van der Waals surface area contributed by atoms with Crippen molar-refractivity contribution in [2.45, 2.75) is 6.42 Å². The molecule has 0 fully saturated rings. The maximum absolute atomic E-state index is 12.3. The van der Waals surface area contributed by atoms with Gasteiger partial charge >= 0.3 is 17.9 Å². The lowest BCUT2D eigenvalue weighted by Crippen LogP contribution is -2.09. The fourth-order valence-electron chi connectivity index (χ4n) is 2.56. The Bertz CT molecular complexity index is 929. The van der Waals surface area contributed by atoms with E-state index >= 15 is 0 Å². The van der Waals surface area contributed by atoms with Crippen molar-refractivity contribution in [2.24, 2.45) is 0 Å². The van der Waals surface area contributed by atoms with Crippen molar-refractivity contribution in [1.82, 2.24) is 0 Å². The van der Waals surface area contributed by atoms with Crippen LogP contribution < -0.4 is 9.47 Å². The molecule has 0 saturated carbocycles. The number of hydrogen-bond donors (Lipinski definition) is 0. The SMILES string of the molecule is COC(=O)/C=C/Oc1c(CC(=O)OC)cc(C(=O)OC)c2cc(OC)ccc12. The van der Waals surface area contributed by atoms with Crippen LogP contribution in [0.1, 0.15) is 15.9 Å². The number of carbonyl (C=O) groups excluding carboxylic acids is 3. The van der Waals surface area contributed by atoms with Gasteiger partial charge in [-0.1, -0.05) is 0 Å². The highest BCUT2D eigenvalue weighted by Crippen LogP contribution is 2.36. The van der Waals surface area contributed by atoms with Gasteiger partial charge in [0.25, 0.3) is 0 Å². The molecule has 0 spiro atoms. The van der Waals surface area contributed by atoms with Crippen LogP contribution in [0.3, 0.4) is 0 Å². The van der Waals surface area contributed by atoms with E-state index in [1.807, 2.05) is 0 Å². The molecule has 0 amide bonds. The Labute approximate surface area is 161 Å². The van der Waals surface area contributed by atoms with Gasteiger partial charge in [-0.2, -0.15) is 0 Å². The first-order valence-corrected chi connectivity index (χ1v) is 8.15. The van der Waals surface area contributed by atoms with Crippen LogP contribution >= 0.6 is 0 Å². The van der Waals surface area contributed by atoms with Crippen molar-refractivity contribution in [3.63, 3.8) is 0 Å². The topological polar surface area (TPSA) is 97.4 Å². The van der Waals surface area contributed by atoms with Gasteiger partial charge in [0, 0.05) is 16.3 Å². The second-order valence-corrected chi connectivity index (χ2v) is 5.51. The van der Waals surface area contributed by atoms with E-state index in [1.165, 1.54) is 34.5 Å². The van der Waals surface area contributed by atoms with Gasteiger partial charge in [-0.3, -0.25) is 4.79 Å². The summed E-state index contributed by atoms with van der Waals surface area (Å²) in [6, 6.07) is 6.51. The van der Waals surface area contributed by atoms with Crippen LogP contribution in [0, 0.1) is 0 Å². The molecule has 0 N–H and O–H groups in total. The molecule has 0 bridgehead atoms. The molecule has 0 heterocycles. The Balaban J connectivity index is 2.71. The summed E-state index contributed by atoms with van der Waals surface area (Å²) in [4.78, 5) is 35.4. The first-order valence-electron chi connectivity index (χ1n) is 8.15. The number of hydrogen-bond acceptors (Lipinski definition) is 8. The molecule has 2 rings (SSSR count). The van der Waals surface area contributed by atoms with Gasteiger partial charge in [0.05, 0.1) is 52.8 Å². The maximum Gasteiger partial charge on any atom is 0.338 e. The monoisotopic (exact) mass is 388 g/mol. The minimum atomic E-state index is -0.605. The number of ether oxygens (including phenoxy) is 5. The van der Waals surface area contributed by atoms with E-state index in [0.717, 1.165) is 12.3 Å². The molecule has 0 atom stereocenters. The van der Waals surface area contributed by atoms with Crippen LogP contribution in [0.2, 0.25) is 0 Å². The van der Waals surface area contributed by atoms with Gasteiger partial charge in [-0.15, -0.1) is 0 Å². The molecule has 0 aliphatic heterocycles. The first-order chi connectivity index (χ1) is 13.4. The summed E-state index contributed by atoms with van der Waals surface area (Å²) < 4.78 is 25.0. The van der Waals surface area contributed by atoms with E-state index in [-0.39, 0.29) is 17.7 Å². The minimum Gasteiger partial charge on any atom is -0.497 e. The van der Waals surface area contributed by atoms with Crippen LogP contribution in [0.5, 0.6) is 11.5 Å². The molecular formula is C20H20O8. The largest absolute Gasteiger partial charge is 0.497 e. The molecule has 8 heteroatoms. The van der Waals surface area contributed by atoms with Gasteiger partial charge in [0.1, 0.15) is 11.5 Å². The van der Waals surface area contributed by atoms with E-state index in [4.69, 9.17) is 18.9 Å². The third-order valence-electron chi connectivity index (χ3n) is 3.93. The molecule has 0 saturated heterocycles. The molecule has 148 valence electrons. The van der Waals surface area contributed by atoms with Crippen LogP contribution in [-0.4, -0.2) is 46.3 Å². The fourth-order valence-corrected chi connectivity index (χ4v) is 2.56. The smallest absolute Gasteiger partial charge is 0.338 e.